The van der Waals surface area contributed by atoms with Crippen molar-refractivity contribution in [3.63, 3.8) is 0 Å². The minimum absolute atomic E-state index is 0.139. The van der Waals surface area contributed by atoms with Crippen LogP contribution in [-0.4, -0.2) is 23.4 Å². The first-order valence-corrected chi connectivity index (χ1v) is 5.61. The zero-order valence-electron chi connectivity index (χ0n) is 8.46. The quantitative estimate of drug-likeness (QED) is 0.676. The van der Waals surface area contributed by atoms with Gasteiger partial charge in [-0.15, -0.1) is 0 Å². The molecule has 1 heterocycles. The third kappa shape index (κ3) is 1.50. The average Bonchev–Trinajstić information content (AvgIpc) is 2.31. The average molecular weight is 184 g/mol. The summed E-state index contributed by atoms with van der Waals surface area (Å²) in [5, 5.41) is 10.5. The van der Waals surface area contributed by atoms with E-state index in [0.29, 0.717) is 5.92 Å². The first-order valence-electron chi connectivity index (χ1n) is 5.61. The van der Waals surface area contributed by atoms with Crippen LogP contribution >= 0.6 is 0 Å². The molecule has 2 aliphatic rings. The van der Waals surface area contributed by atoms with Gasteiger partial charge in [-0.25, -0.2) is 0 Å². The van der Waals surface area contributed by atoms with E-state index in [1.165, 1.54) is 19.3 Å². The molecule has 2 rings (SSSR count). The summed E-state index contributed by atoms with van der Waals surface area (Å²) in [6.07, 6.45) is 6.87. The monoisotopic (exact) mass is 184 g/mol. The summed E-state index contributed by atoms with van der Waals surface area (Å²) in [4.78, 5) is 0. The van der Waals surface area contributed by atoms with Crippen molar-refractivity contribution >= 4 is 0 Å². The van der Waals surface area contributed by atoms with Crippen LogP contribution in [0.3, 0.4) is 0 Å². The second kappa shape index (κ2) is 3.58. The van der Waals surface area contributed by atoms with Gasteiger partial charge in [-0.2, -0.15) is 0 Å². The van der Waals surface area contributed by atoms with E-state index in [1.54, 1.807) is 0 Å². The van der Waals surface area contributed by atoms with Crippen molar-refractivity contribution < 1.29 is 9.84 Å². The highest BCUT2D eigenvalue weighted by Gasteiger charge is 2.49. The highest BCUT2D eigenvalue weighted by molar-refractivity contribution is 4.98. The van der Waals surface area contributed by atoms with Crippen LogP contribution in [-0.2, 0) is 4.74 Å². The van der Waals surface area contributed by atoms with E-state index in [9.17, 15) is 5.11 Å². The predicted octanol–water partition coefficient (Wildman–Crippen LogP) is 2.11. The molecule has 0 radical (unpaired) electrons. The number of rotatable bonds is 1. The molecule has 1 saturated heterocycles. The predicted molar refractivity (Wildman–Crippen MR) is 51.6 cm³/mol. The minimum atomic E-state index is -0.481. The largest absolute Gasteiger partial charge is 0.387 e. The molecule has 1 unspecified atom stereocenters. The van der Waals surface area contributed by atoms with E-state index >= 15 is 0 Å². The molecule has 1 aliphatic carbocycles. The molecular weight excluding hydrogens is 164 g/mol. The van der Waals surface area contributed by atoms with Gasteiger partial charge in [0.05, 0.1) is 18.3 Å². The highest BCUT2D eigenvalue weighted by Crippen LogP contribution is 2.41. The maximum atomic E-state index is 10.5. The maximum Gasteiger partial charge on any atom is 0.0957 e. The Morgan fingerprint density at radius 2 is 2.23 bits per heavy atom. The van der Waals surface area contributed by atoms with Crippen LogP contribution in [0.2, 0.25) is 0 Å². The fraction of sp³-hybridized carbons (Fsp3) is 1.00. The second-order valence-electron chi connectivity index (χ2n) is 4.52. The van der Waals surface area contributed by atoms with Gasteiger partial charge in [0.2, 0.25) is 0 Å². The smallest absolute Gasteiger partial charge is 0.0957 e. The second-order valence-corrected chi connectivity index (χ2v) is 4.52. The summed E-state index contributed by atoms with van der Waals surface area (Å²) in [6.45, 7) is 2.93. The molecular formula is C11H20O2. The molecule has 2 fully saturated rings. The van der Waals surface area contributed by atoms with Gasteiger partial charge in [0.15, 0.2) is 0 Å². The van der Waals surface area contributed by atoms with Crippen LogP contribution < -0.4 is 0 Å². The molecule has 13 heavy (non-hydrogen) atoms. The summed E-state index contributed by atoms with van der Waals surface area (Å²) < 4.78 is 5.69. The highest BCUT2D eigenvalue weighted by atomic mass is 16.5. The van der Waals surface area contributed by atoms with E-state index < -0.39 is 5.60 Å². The SMILES string of the molecule is CCC1CO[C@H]2CCCCC[C@@]12O. The number of aliphatic hydroxyl groups is 1. The van der Waals surface area contributed by atoms with Crippen molar-refractivity contribution in [2.24, 2.45) is 5.92 Å². The van der Waals surface area contributed by atoms with Crippen molar-refractivity contribution in [3.05, 3.63) is 0 Å². The molecule has 76 valence electrons. The molecule has 2 heteroatoms. The van der Waals surface area contributed by atoms with Crippen LogP contribution in [0.25, 0.3) is 0 Å². The van der Waals surface area contributed by atoms with Gasteiger partial charge in [-0.3, -0.25) is 0 Å². The Morgan fingerprint density at radius 3 is 3.00 bits per heavy atom. The lowest BCUT2D eigenvalue weighted by Crippen LogP contribution is -2.42. The first kappa shape index (κ1) is 9.47. The zero-order valence-corrected chi connectivity index (χ0v) is 8.46. The molecule has 2 nitrogen and oxygen atoms in total. The Labute approximate surface area is 80.3 Å². The Hall–Kier alpha value is -0.0800. The number of fused-ring (bicyclic) bond motifs is 1. The van der Waals surface area contributed by atoms with Crippen molar-refractivity contribution in [1.29, 1.82) is 0 Å². The molecule has 3 atom stereocenters. The molecule has 0 aromatic heterocycles. The van der Waals surface area contributed by atoms with Crippen molar-refractivity contribution in [1.82, 2.24) is 0 Å². The van der Waals surface area contributed by atoms with Gasteiger partial charge in [-0.1, -0.05) is 26.2 Å². The van der Waals surface area contributed by atoms with Crippen LogP contribution in [0, 0.1) is 5.92 Å². The van der Waals surface area contributed by atoms with Crippen LogP contribution in [0.1, 0.15) is 45.4 Å². The lowest BCUT2D eigenvalue weighted by molar-refractivity contribution is -0.0571. The van der Waals surface area contributed by atoms with E-state index in [0.717, 1.165) is 25.9 Å². The lowest BCUT2D eigenvalue weighted by atomic mass is 9.81. The molecule has 0 spiro atoms. The topological polar surface area (TPSA) is 29.5 Å². The summed E-state index contributed by atoms with van der Waals surface area (Å²) in [7, 11) is 0. The Morgan fingerprint density at radius 1 is 1.38 bits per heavy atom. The summed E-state index contributed by atoms with van der Waals surface area (Å²) in [5.41, 5.74) is -0.481. The fourth-order valence-electron chi connectivity index (χ4n) is 2.87. The molecule has 0 aromatic rings. The Bertz CT molecular complexity index is 181. The molecule has 0 bridgehead atoms. The molecule has 1 N–H and O–H groups in total. The van der Waals surface area contributed by atoms with E-state index in [2.05, 4.69) is 6.92 Å². The Kier molecular flexibility index (Phi) is 2.61. The third-order valence-electron chi connectivity index (χ3n) is 3.80. The van der Waals surface area contributed by atoms with Crippen molar-refractivity contribution in [2.75, 3.05) is 6.61 Å². The summed E-state index contributed by atoms with van der Waals surface area (Å²) in [6, 6.07) is 0. The van der Waals surface area contributed by atoms with E-state index in [1.807, 2.05) is 0 Å². The van der Waals surface area contributed by atoms with Crippen LogP contribution in [0.15, 0.2) is 0 Å². The number of hydrogen-bond acceptors (Lipinski definition) is 2. The normalized spacial score (nSPS) is 45.7. The lowest BCUT2D eigenvalue weighted by Gasteiger charge is -2.31. The summed E-state index contributed by atoms with van der Waals surface area (Å²) in [5.74, 6) is 0.385. The zero-order chi connectivity index (χ0) is 9.31. The van der Waals surface area contributed by atoms with Gasteiger partial charge in [0.25, 0.3) is 0 Å². The van der Waals surface area contributed by atoms with E-state index in [4.69, 9.17) is 4.74 Å². The van der Waals surface area contributed by atoms with Crippen molar-refractivity contribution in [2.45, 2.75) is 57.2 Å². The van der Waals surface area contributed by atoms with Crippen LogP contribution in [0.5, 0.6) is 0 Å². The third-order valence-corrected chi connectivity index (χ3v) is 3.80. The number of hydrogen-bond donors (Lipinski definition) is 1. The van der Waals surface area contributed by atoms with E-state index in [-0.39, 0.29) is 6.10 Å². The standard InChI is InChI=1S/C11H20O2/c1-2-9-8-13-10-6-4-3-5-7-11(9,10)12/h9-10,12H,2-8H2,1H3/t9?,10-,11+/m0/s1. The van der Waals surface area contributed by atoms with Gasteiger partial charge in [0, 0.05) is 5.92 Å². The molecule has 1 aliphatic heterocycles. The first-order chi connectivity index (χ1) is 6.27. The fourth-order valence-corrected chi connectivity index (χ4v) is 2.87. The molecule has 0 aromatic carbocycles. The number of ether oxygens (including phenoxy) is 1. The van der Waals surface area contributed by atoms with Gasteiger partial charge in [-0.05, 0) is 19.3 Å². The van der Waals surface area contributed by atoms with Gasteiger partial charge < -0.3 is 9.84 Å². The Balaban J connectivity index is 2.14. The van der Waals surface area contributed by atoms with Crippen molar-refractivity contribution in [3.8, 4) is 0 Å². The van der Waals surface area contributed by atoms with Crippen LogP contribution in [0.4, 0.5) is 0 Å². The molecule has 0 amide bonds. The maximum absolute atomic E-state index is 10.5. The van der Waals surface area contributed by atoms with Gasteiger partial charge >= 0.3 is 0 Å². The minimum Gasteiger partial charge on any atom is -0.387 e. The summed E-state index contributed by atoms with van der Waals surface area (Å²) >= 11 is 0. The molecule has 1 saturated carbocycles. The van der Waals surface area contributed by atoms with Gasteiger partial charge in [0.1, 0.15) is 0 Å².